The van der Waals surface area contributed by atoms with Crippen LogP contribution in [0.4, 0.5) is 32.4 Å². The molecule has 2 aromatic carbocycles. The van der Waals surface area contributed by atoms with Gasteiger partial charge in [-0.1, -0.05) is 17.7 Å². The van der Waals surface area contributed by atoms with Gasteiger partial charge in [-0.15, -0.1) is 5.10 Å². The number of halogens is 5. The molecule has 41 heavy (non-hydrogen) atoms. The van der Waals surface area contributed by atoms with Gasteiger partial charge in [0.1, 0.15) is 12.4 Å². The van der Waals surface area contributed by atoms with Crippen LogP contribution in [0.15, 0.2) is 48.5 Å². The Balaban J connectivity index is 1.63. The number of hydrogen-bond acceptors (Lipinski definition) is 5. The van der Waals surface area contributed by atoms with Gasteiger partial charge in [0.2, 0.25) is 0 Å². The number of rotatable bonds is 13. The molecule has 0 fully saturated rings. The van der Waals surface area contributed by atoms with Gasteiger partial charge >= 0.3 is 12.2 Å². The van der Waals surface area contributed by atoms with E-state index in [-0.39, 0.29) is 30.0 Å². The monoisotopic (exact) mass is 581 g/mol. The van der Waals surface area contributed by atoms with Crippen molar-refractivity contribution in [2.75, 3.05) is 31.6 Å². The fourth-order valence-corrected chi connectivity index (χ4v) is 3.69. The Morgan fingerprint density at radius 1 is 0.878 bits per heavy atom. The summed E-state index contributed by atoms with van der Waals surface area (Å²) in [5, 5.41) is 17.4. The highest BCUT2D eigenvalue weighted by Crippen LogP contribution is 2.18. The molecule has 0 radical (unpaired) electrons. The molecule has 3 aromatic rings. The van der Waals surface area contributed by atoms with Crippen molar-refractivity contribution in [2.45, 2.75) is 31.9 Å². The summed E-state index contributed by atoms with van der Waals surface area (Å²) in [6.45, 7) is -1.87. The van der Waals surface area contributed by atoms with E-state index < -0.39 is 43.1 Å². The van der Waals surface area contributed by atoms with Crippen molar-refractivity contribution in [1.82, 2.24) is 30.9 Å². The van der Waals surface area contributed by atoms with Crippen molar-refractivity contribution in [3.63, 3.8) is 0 Å². The zero-order valence-corrected chi connectivity index (χ0v) is 21.7. The van der Waals surface area contributed by atoms with Crippen molar-refractivity contribution >= 4 is 23.5 Å². The van der Waals surface area contributed by atoms with E-state index in [4.69, 9.17) is 0 Å². The number of carbonyl (C=O) groups is 3. The van der Waals surface area contributed by atoms with Gasteiger partial charge in [-0.3, -0.25) is 14.0 Å². The lowest BCUT2D eigenvalue weighted by atomic mass is 10.1. The summed E-state index contributed by atoms with van der Waals surface area (Å²) in [4.78, 5) is 36.9. The van der Waals surface area contributed by atoms with Crippen molar-refractivity contribution in [1.29, 1.82) is 0 Å². The number of alkyl halides is 4. The number of nitrogens with one attached hydrogen (secondary N) is 4. The first-order valence-electron chi connectivity index (χ1n) is 12.6. The Hall–Kier alpha value is -4.56. The predicted octanol–water partition coefficient (Wildman–Crippen LogP) is 3.93. The van der Waals surface area contributed by atoms with Gasteiger partial charge in [0, 0.05) is 24.3 Å². The first kappa shape index (κ1) is 31.0. The molecule has 4 N–H and O–H groups in total. The Kier molecular flexibility index (Phi) is 11.1. The molecule has 0 spiro atoms. The lowest BCUT2D eigenvalue weighted by Gasteiger charge is -2.11. The van der Waals surface area contributed by atoms with Crippen molar-refractivity contribution < 1.29 is 36.3 Å². The van der Waals surface area contributed by atoms with Gasteiger partial charge in [-0.2, -0.15) is 13.2 Å². The average Bonchev–Trinajstić information content (AvgIpc) is 3.35. The molecule has 0 aliphatic rings. The number of carbonyl (C=O) groups excluding carboxylic acids is 3. The fourth-order valence-electron chi connectivity index (χ4n) is 3.69. The molecule has 0 aliphatic heterocycles. The molecule has 220 valence electrons. The highest BCUT2D eigenvalue weighted by molar-refractivity contribution is 5.95. The third kappa shape index (κ3) is 9.85. The zero-order chi connectivity index (χ0) is 29.8. The van der Waals surface area contributed by atoms with E-state index in [2.05, 4.69) is 26.3 Å². The van der Waals surface area contributed by atoms with Crippen LogP contribution in [0.2, 0.25) is 0 Å². The largest absolute Gasteiger partial charge is 0.405 e. The lowest BCUT2D eigenvalue weighted by molar-refractivity contribution is -0.123. The summed E-state index contributed by atoms with van der Waals surface area (Å²) in [6.07, 6.45) is -2.82. The Morgan fingerprint density at radius 3 is 2.29 bits per heavy atom. The van der Waals surface area contributed by atoms with Crippen molar-refractivity contribution in [2.24, 2.45) is 0 Å². The molecule has 0 aliphatic carbocycles. The number of nitrogens with zero attached hydrogens (tertiary/aromatic N) is 3. The van der Waals surface area contributed by atoms with Gasteiger partial charge < -0.3 is 21.3 Å². The topological polar surface area (TPSA) is 130 Å². The minimum absolute atomic E-state index is 0.00135. The molecule has 10 nitrogen and oxygen atoms in total. The predicted molar refractivity (Wildman–Crippen MR) is 139 cm³/mol. The van der Waals surface area contributed by atoms with E-state index >= 15 is 0 Å². The smallest absolute Gasteiger partial charge is 0.349 e. The van der Waals surface area contributed by atoms with Crippen LogP contribution in [0, 0.1) is 5.82 Å². The summed E-state index contributed by atoms with van der Waals surface area (Å²) < 4.78 is 64.3. The van der Waals surface area contributed by atoms with Crippen molar-refractivity contribution in [3.05, 3.63) is 71.3 Å². The van der Waals surface area contributed by atoms with Gasteiger partial charge in [0.05, 0.1) is 18.1 Å². The third-order valence-electron chi connectivity index (χ3n) is 5.63. The number of urea groups is 1. The number of aromatic nitrogens is 3. The number of benzene rings is 2. The summed E-state index contributed by atoms with van der Waals surface area (Å²) in [5.74, 6) is -1.99. The Bertz CT molecular complexity index is 1330. The van der Waals surface area contributed by atoms with E-state index in [1.54, 1.807) is 5.32 Å². The molecule has 4 amide bonds. The number of amides is 4. The average molecular weight is 582 g/mol. The van der Waals surface area contributed by atoms with E-state index in [9.17, 15) is 36.3 Å². The SMILES string of the molecule is O=C(NCCNC(=O)c1nnn(-c2ccc(C(=O)NCC(F)(F)F)cc2)c1CCCCCF)Nc1cccc(F)c1. The minimum Gasteiger partial charge on any atom is -0.349 e. The normalized spacial score (nSPS) is 11.1. The number of anilines is 1. The Labute approximate surface area is 231 Å². The molecule has 1 heterocycles. The molecule has 0 saturated carbocycles. The summed E-state index contributed by atoms with van der Waals surface area (Å²) >= 11 is 0. The lowest BCUT2D eigenvalue weighted by Crippen LogP contribution is -2.37. The number of unbranched alkanes of at least 4 members (excludes halogenated alkanes) is 2. The van der Waals surface area contributed by atoms with Crippen LogP contribution in [0.1, 0.15) is 45.8 Å². The van der Waals surface area contributed by atoms with E-state index in [0.717, 1.165) is 6.07 Å². The van der Waals surface area contributed by atoms with Gasteiger partial charge in [-0.25, -0.2) is 13.9 Å². The van der Waals surface area contributed by atoms with E-state index in [0.29, 0.717) is 37.1 Å². The molecular formula is C26H28F5N7O3. The highest BCUT2D eigenvalue weighted by atomic mass is 19.4. The van der Waals surface area contributed by atoms with Crippen molar-refractivity contribution in [3.8, 4) is 5.69 Å². The maximum Gasteiger partial charge on any atom is 0.405 e. The molecule has 0 unspecified atom stereocenters. The molecule has 0 bridgehead atoms. The van der Waals surface area contributed by atoms with Crippen LogP contribution in [-0.4, -0.2) is 65.3 Å². The van der Waals surface area contributed by atoms with Crippen LogP contribution in [-0.2, 0) is 6.42 Å². The maximum atomic E-state index is 13.2. The van der Waals surface area contributed by atoms with Gasteiger partial charge in [0.15, 0.2) is 5.69 Å². The summed E-state index contributed by atoms with van der Waals surface area (Å²) in [5.41, 5.74) is 1.07. The van der Waals surface area contributed by atoms with E-state index in [1.807, 2.05) is 0 Å². The maximum absolute atomic E-state index is 13.2. The zero-order valence-electron chi connectivity index (χ0n) is 21.7. The quantitative estimate of drug-likeness (QED) is 0.180. The van der Waals surface area contributed by atoms with Gasteiger partial charge in [0.25, 0.3) is 11.8 Å². The van der Waals surface area contributed by atoms with Crippen LogP contribution >= 0.6 is 0 Å². The minimum atomic E-state index is -4.55. The first-order valence-corrected chi connectivity index (χ1v) is 12.6. The standard InChI is InChI=1S/C26H28F5N7O3/c27-12-3-1-2-7-21-22(24(40)32-13-14-33-25(41)35-19-6-4-5-18(28)15-19)36-37-38(21)20-10-8-17(9-11-20)23(39)34-16-26(29,30)31/h4-6,8-11,15H,1-3,7,12-14,16H2,(H,32,40)(H,34,39)(H2,33,35,41). The van der Waals surface area contributed by atoms with Crippen LogP contribution in [0.5, 0.6) is 0 Å². The second kappa shape index (κ2) is 14.7. The number of hydrogen-bond donors (Lipinski definition) is 4. The summed E-state index contributed by atoms with van der Waals surface area (Å²) in [7, 11) is 0. The highest BCUT2D eigenvalue weighted by Gasteiger charge is 2.28. The fraction of sp³-hybridized carbons (Fsp3) is 0.346. The van der Waals surface area contributed by atoms with Gasteiger partial charge in [-0.05, 0) is 61.7 Å². The molecule has 1 aromatic heterocycles. The molecular weight excluding hydrogens is 553 g/mol. The summed E-state index contributed by atoms with van der Waals surface area (Å²) in [6, 6.07) is 10.3. The molecule has 15 heteroatoms. The Morgan fingerprint density at radius 2 is 1.61 bits per heavy atom. The third-order valence-corrected chi connectivity index (χ3v) is 5.63. The molecule has 3 rings (SSSR count). The second-order valence-corrected chi connectivity index (χ2v) is 8.79. The molecule has 0 atom stereocenters. The van der Waals surface area contributed by atoms with Crippen LogP contribution in [0.25, 0.3) is 5.69 Å². The second-order valence-electron chi connectivity index (χ2n) is 8.79. The molecule has 0 saturated heterocycles. The first-order chi connectivity index (χ1) is 19.6. The van der Waals surface area contributed by atoms with Crippen LogP contribution < -0.4 is 21.3 Å². The van der Waals surface area contributed by atoms with E-state index in [1.165, 1.54) is 47.1 Å². The van der Waals surface area contributed by atoms with Crippen LogP contribution in [0.3, 0.4) is 0 Å².